The minimum Gasteiger partial charge on any atom is -0.616 e. The van der Waals surface area contributed by atoms with Crippen LogP contribution in [0.1, 0.15) is 11.1 Å². The van der Waals surface area contributed by atoms with Crippen molar-refractivity contribution in [2.75, 3.05) is 0 Å². The monoisotopic (exact) mass is 260 g/mol. The predicted octanol–water partition coefficient (Wildman–Crippen LogP) is 2.12. The maximum Gasteiger partial charge on any atom is 0.386 e. The van der Waals surface area contributed by atoms with Crippen LogP contribution in [0.2, 0.25) is 0 Å². The minimum atomic E-state index is -0.537. The Kier molecular flexibility index (Phi) is 3.61. The first kappa shape index (κ1) is 12.8. The number of aromatic nitrogens is 1. The molecule has 2 aromatic rings. The molecule has 0 radical (unpaired) electrons. The van der Waals surface area contributed by atoms with E-state index in [2.05, 4.69) is 0 Å². The zero-order chi connectivity index (χ0) is 13.8. The summed E-state index contributed by atoms with van der Waals surface area (Å²) in [5.74, 6) is -0.0823. The lowest BCUT2D eigenvalue weighted by Gasteiger charge is -2.07. The molecule has 0 fully saturated rings. The first-order chi connectivity index (χ1) is 9.08. The summed E-state index contributed by atoms with van der Waals surface area (Å²) >= 11 is 0. The largest absolute Gasteiger partial charge is 0.616 e. The van der Waals surface area contributed by atoms with Gasteiger partial charge in [-0.1, -0.05) is 30.3 Å². The molecule has 0 aliphatic carbocycles. The smallest absolute Gasteiger partial charge is 0.386 e. The normalized spacial score (nSPS) is 10.2. The average Bonchev–Trinajstić information content (AvgIpc) is 2.38. The summed E-state index contributed by atoms with van der Waals surface area (Å²) in [5.41, 5.74) is 1.05. The minimum absolute atomic E-state index is 0.0823. The molecule has 1 heterocycles. The molecule has 6 heteroatoms. The van der Waals surface area contributed by atoms with Crippen molar-refractivity contribution < 1.29 is 14.4 Å². The van der Waals surface area contributed by atoms with Crippen LogP contribution < -0.4 is 9.47 Å². The molecule has 6 nitrogen and oxygen atoms in total. The molecule has 0 N–H and O–H groups in total. The molecular formula is C13H12N2O4. The lowest BCUT2D eigenvalue weighted by Crippen LogP contribution is -2.29. The lowest BCUT2D eigenvalue weighted by atomic mass is 10.2. The Morgan fingerprint density at radius 1 is 1.32 bits per heavy atom. The summed E-state index contributed by atoms with van der Waals surface area (Å²) in [7, 11) is 0. The number of nitrogens with zero attached hydrogens (tertiary/aromatic N) is 2. The molecule has 1 aromatic carbocycles. The molecule has 98 valence electrons. The maximum atomic E-state index is 11.6. The second kappa shape index (κ2) is 5.34. The molecule has 0 spiro atoms. The highest BCUT2D eigenvalue weighted by molar-refractivity contribution is 5.38. The zero-order valence-electron chi connectivity index (χ0n) is 10.3. The molecule has 1 aromatic heterocycles. The number of pyridine rings is 1. The van der Waals surface area contributed by atoms with E-state index in [9.17, 15) is 15.3 Å². The van der Waals surface area contributed by atoms with E-state index in [0.717, 1.165) is 17.8 Å². The Balaban J connectivity index is 2.21. The molecule has 2 rings (SSSR count). The molecule has 0 saturated heterocycles. The van der Waals surface area contributed by atoms with Crippen LogP contribution in [-0.2, 0) is 6.61 Å². The Bertz CT molecular complexity index is 599. The van der Waals surface area contributed by atoms with Gasteiger partial charge in [0.1, 0.15) is 12.7 Å². The summed E-state index contributed by atoms with van der Waals surface area (Å²) in [6.45, 7) is 1.69. The fraction of sp³-hybridized carbons (Fsp3) is 0.154. The summed E-state index contributed by atoms with van der Waals surface area (Å²) in [6, 6.07) is 10.4. The van der Waals surface area contributed by atoms with Gasteiger partial charge in [0.25, 0.3) is 5.69 Å². The summed E-state index contributed by atoms with van der Waals surface area (Å²) in [5, 5.41) is 22.4. The molecule has 0 aliphatic heterocycles. The molecule has 19 heavy (non-hydrogen) atoms. The van der Waals surface area contributed by atoms with Crippen LogP contribution in [0.5, 0.6) is 5.88 Å². The van der Waals surface area contributed by atoms with Crippen LogP contribution in [-0.4, -0.2) is 4.92 Å². The van der Waals surface area contributed by atoms with Crippen molar-refractivity contribution in [2.24, 2.45) is 0 Å². The van der Waals surface area contributed by atoms with Crippen LogP contribution in [0.15, 0.2) is 42.6 Å². The number of ether oxygens (including phenoxy) is 1. The Morgan fingerprint density at radius 3 is 2.63 bits per heavy atom. The third-order valence-electron chi connectivity index (χ3n) is 2.62. The van der Waals surface area contributed by atoms with Crippen molar-refractivity contribution in [1.82, 2.24) is 0 Å². The first-order valence-electron chi connectivity index (χ1n) is 5.63. The average molecular weight is 260 g/mol. The van der Waals surface area contributed by atoms with E-state index in [4.69, 9.17) is 4.74 Å². The van der Waals surface area contributed by atoms with Crippen LogP contribution >= 0.6 is 0 Å². The van der Waals surface area contributed by atoms with Gasteiger partial charge in [0.05, 0.1) is 10.5 Å². The van der Waals surface area contributed by atoms with Crippen LogP contribution in [0.3, 0.4) is 0 Å². The van der Waals surface area contributed by atoms with E-state index in [0.29, 0.717) is 10.3 Å². The Hall–Kier alpha value is -2.63. The standard InChI is InChI=1S/C13H12N2O4/c1-10-8-14(16)13(7-12(10)15(17)18)19-9-11-5-3-2-4-6-11/h2-8H,9H2,1H3. The molecule has 0 atom stereocenters. The Morgan fingerprint density at radius 2 is 2.00 bits per heavy atom. The van der Waals surface area contributed by atoms with Gasteiger partial charge in [-0.2, -0.15) is 0 Å². The molecule has 0 aliphatic rings. The zero-order valence-corrected chi connectivity index (χ0v) is 10.3. The number of aryl methyl sites for hydroxylation is 1. The van der Waals surface area contributed by atoms with Crippen LogP contribution in [0, 0.1) is 22.2 Å². The second-order valence-electron chi connectivity index (χ2n) is 4.04. The van der Waals surface area contributed by atoms with Gasteiger partial charge in [-0.05, 0) is 12.5 Å². The van der Waals surface area contributed by atoms with Gasteiger partial charge < -0.3 is 9.94 Å². The van der Waals surface area contributed by atoms with Gasteiger partial charge in [0, 0.05) is 0 Å². The Labute approximate surface area is 109 Å². The maximum absolute atomic E-state index is 11.6. The number of hydrogen-bond acceptors (Lipinski definition) is 4. The highest BCUT2D eigenvalue weighted by Crippen LogP contribution is 2.20. The van der Waals surface area contributed by atoms with Crippen molar-refractivity contribution in [3.05, 3.63) is 69.0 Å². The fourth-order valence-corrected chi connectivity index (χ4v) is 1.63. The molecule has 0 saturated carbocycles. The van der Waals surface area contributed by atoms with E-state index in [1.165, 1.54) is 6.92 Å². The predicted molar refractivity (Wildman–Crippen MR) is 67.6 cm³/mol. The number of benzene rings is 1. The molecule has 0 bridgehead atoms. The first-order valence-corrected chi connectivity index (χ1v) is 5.63. The van der Waals surface area contributed by atoms with Gasteiger partial charge in [0.2, 0.25) is 0 Å². The van der Waals surface area contributed by atoms with Crippen molar-refractivity contribution in [2.45, 2.75) is 13.5 Å². The van der Waals surface area contributed by atoms with E-state index < -0.39 is 4.92 Å². The van der Waals surface area contributed by atoms with E-state index in [1.54, 1.807) is 0 Å². The van der Waals surface area contributed by atoms with Crippen LogP contribution in [0.4, 0.5) is 5.69 Å². The van der Waals surface area contributed by atoms with Crippen molar-refractivity contribution in [3.8, 4) is 5.88 Å². The number of hydrogen-bond donors (Lipinski definition) is 0. The molecular weight excluding hydrogens is 248 g/mol. The van der Waals surface area contributed by atoms with Crippen LogP contribution in [0.25, 0.3) is 0 Å². The van der Waals surface area contributed by atoms with Gasteiger partial charge >= 0.3 is 5.88 Å². The topological polar surface area (TPSA) is 79.3 Å². The third kappa shape index (κ3) is 2.98. The van der Waals surface area contributed by atoms with Crippen molar-refractivity contribution in [3.63, 3.8) is 0 Å². The van der Waals surface area contributed by atoms with Gasteiger partial charge in [-0.3, -0.25) is 10.1 Å². The number of nitro groups is 1. The van der Waals surface area contributed by atoms with Gasteiger partial charge in [-0.25, -0.2) is 0 Å². The number of rotatable bonds is 4. The highest BCUT2D eigenvalue weighted by Gasteiger charge is 2.19. The van der Waals surface area contributed by atoms with E-state index in [-0.39, 0.29) is 18.2 Å². The van der Waals surface area contributed by atoms with Crippen molar-refractivity contribution >= 4 is 5.69 Å². The summed E-state index contributed by atoms with van der Waals surface area (Å²) < 4.78 is 5.81. The van der Waals surface area contributed by atoms with E-state index in [1.807, 2.05) is 30.3 Å². The fourth-order valence-electron chi connectivity index (χ4n) is 1.63. The van der Waals surface area contributed by atoms with E-state index >= 15 is 0 Å². The molecule has 0 amide bonds. The summed E-state index contributed by atoms with van der Waals surface area (Å²) in [6.07, 6.45) is 1.14. The van der Waals surface area contributed by atoms with Gasteiger partial charge in [0.15, 0.2) is 6.20 Å². The molecule has 0 unspecified atom stereocenters. The second-order valence-corrected chi connectivity index (χ2v) is 4.04. The highest BCUT2D eigenvalue weighted by atomic mass is 16.6. The van der Waals surface area contributed by atoms with Gasteiger partial charge in [-0.15, -0.1) is 4.73 Å². The lowest BCUT2D eigenvalue weighted by molar-refractivity contribution is -0.614. The summed E-state index contributed by atoms with van der Waals surface area (Å²) in [4.78, 5) is 10.3. The van der Waals surface area contributed by atoms with Crippen molar-refractivity contribution in [1.29, 1.82) is 0 Å². The third-order valence-corrected chi connectivity index (χ3v) is 2.62. The SMILES string of the molecule is Cc1c[n+]([O-])c(OCc2ccccc2)cc1[N+](=O)[O-]. The quantitative estimate of drug-likeness (QED) is 0.365.